The predicted molar refractivity (Wildman–Crippen MR) is 89.3 cm³/mol. The lowest BCUT2D eigenvalue weighted by molar-refractivity contribution is -0.152. The SMILES string of the molecule is C[C@@H](OC(=O)CNC(=O)c1ccc(Br)o1)C(=O)Nc1cccc(F)c1. The van der Waals surface area contributed by atoms with Gasteiger partial charge in [-0.25, -0.2) is 4.39 Å². The number of anilines is 1. The number of rotatable bonds is 6. The van der Waals surface area contributed by atoms with Gasteiger partial charge in [0.2, 0.25) is 0 Å². The van der Waals surface area contributed by atoms with E-state index < -0.39 is 36.2 Å². The van der Waals surface area contributed by atoms with Crippen molar-refractivity contribution in [1.82, 2.24) is 5.32 Å². The van der Waals surface area contributed by atoms with Crippen molar-refractivity contribution in [1.29, 1.82) is 0 Å². The van der Waals surface area contributed by atoms with Crippen molar-refractivity contribution >= 4 is 39.4 Å². The minimum Gasteiger partial charge on any atom is -0.451 e. The van der Waals surface area contributed by atoms with E-state index in [9.17, 15) is 18.8 Å². The van der Waals surface area contributed by atoms with E-state index in [1.165, 1.54) is 37.3 Å². The number of benzene rings is 1. The Morgan fingerprint density at radius 3 is 2.68 bits per heavy atom. The Morgan fingerprint density at radius 2 is 2.04 bits per heavy atom. The highest BCUT2D eigenvalue weighted by atomic mass is 79.9. The van der Waals surface area contributed by atoms with Gasteiger partial charge in [-0.1, -0.05) is 6.07 Å². The van der Waals surface area contributed by atoms with Crippen LogP contribution in [-0.4, -0.2) is 30.4 Å². The number of carbonyl (C=O) groups excluding carboxylic acids is 3. The molecule has 0 aliphatic carbocycles. The molecule has 25 heavy (non-hydrogen) atoms. The van der Waals surface area contributed by atoms with Gasteiger partial charge in [0, 0.05) is 5.69 Å². The number of hydrogen-bond acceptors (Lipinski definition) is 5. The first kappa shape index (κ1) is 18.7. The average molecular weight is 413 g/mol. The van der Waals surface area contributed by atoms with Crippen molar-refractivity contribution in [2.45, 2.75) is 13.0 Å². The molecule has 1 aromatic carbocycles. The molecule has 7 nitrogen and oxygen atoms in total. The van der Waals surface area contributed by atoms with E-state index in [1.54, 1.807) is 0 Å². The zero-order valence-corrected chi connectivity index (χ0v) is 14.6. The second-order valence-corrected chi connectivity index (χ2v) is 5.70. The highest BCUT2D eigenvalue weighted by molar-refractivity contribution is 9.10. The number of esters is 1. The zero-order chi connectivity index (χ0) is 18.4. The number of ether oxygens (including phenoxy) is 1. The van der Waals surface area contributed by atoms with E-state index in [-0.39, 0.29) is 11.4 Å². The molecule has 9 heteroatoms. The predicted octanol–water partition coefficient (Wildman–Crippen LogP) is 2.48. The Labute approximate surface area is 150 Å². The van der Waals surface area contributed by atoms with Crippen LogP contribution in [-0.2, 0) is 14.3 Å². The first-order valence-electron chi connectivity index (χ1n) is 7.14. The Morgan fingerprint density at radius 1 is 1.28 bits per heavy atom. The largest absolute Gasteiger partial charge is 0.451 e. The molecule has 2 rings (SSSR count). The van der Waals surface area contributed by atoms with E-state index in [1.807, 2.05) is 0 Å². The third-order valence-electron chi connectivity index (χ3n) is 2.96. The molecule has 2 aromatic rings. The van der Waals surface area contributed by atoms with Gasteiger partial charge in [-0.3, -0.25) is 14.4 Å². The molecule has 0 spiro atoms. The quantitative estimate of drug-likeness (QED) is 0.710. The van der Waals surface area contributed by atoms with Crippen LogP contribution in [0.1, 0.15) is 17.5 Å². The molecule has 1 heterocycles. The molecule has 0 unspecified atom stereocenters. The van der Waals surface area contributed by atoms with Crippen molar-refractivity contribution in [3.05, 3.63) is 52.6 Å². The van der Waals surface area contributed by atoms with Crippen LogP contribution in [0.5, 0.6) is 0 Å². The normalized spacial score (nSPS) is 11.5. The molecule has 0 aliphatic rings. The molecule has 0 saturated heterocycles. The Balaban J connectivity index is 1.79. The zero-order valence-electron chi connectivity index (χ0n) is 13.0. The van der Waals surface area contributed by atoms with Crippen LogP contribution in [0.2, 0.25) is 0 Å². The number of hydrogen-bond donors (Lipinski definition) is 2. The fourth-order valence-electron chi connectivity index (χ4n) is 1.78. The van der Waals surface area contributed by atoms with Crippen LogP contribution in [0, 0.1) is 5.82 Å². The van der Waals surface area contributed by atoms with E-state index in [2.05, 4.69) is 26.6 Å². The Kier molecular flexibility index (Phi) is 6.29. The summed E-state index contributed by atoms with van der Waals surface area (Å²) in [5, 5.41) is 4.72. The molecule has 2 N–H and O–H groups in total. The molecule has 0 fully saturated rings. The monoisotopic (exact) mass is 412 g/mol. The fraction of sp³-hybridized carbons (Fsp3) is 0.188. The minimum atomic E-state index is -1.12. The summed E-state index contributed by atoms with van der Waals surface area (Å²) in [5.41, 5.74) is 0.240. The van der Waals surface area contributed by atoms with Crippen LogP contribution in [0.15, 0.2) is 45.5 Å². The summed E-state index contributed by atoms with van der Waals surface area (Å²) in [6, 6.07) is 8.26. The molecule has 0 radical (unpaired) electrons. The molecule has 0 saturated carbocycles. The van der Waals surface area contributed by atoms with Crippen LogP contribution >= 0.6 is 15.9 Å². The maximum atomic E-state index is 13.1. The van der Waals surface area contributed by atoms with Crippen LogP contribution in [0.3, 0.4) is 0 Å². The summed E-state index contributed by atoms with van der Waals surface area (Å²) >= 11 is 3.05. The van der Waals surface area contributed by atoms with Gasteiger partial charge in [0.15, 0.2) is 16.5 Å². The fourth-order valence-corrected chi connectivity index (χ4v) is 2.08. The van der Waals surface area contributed by atoms with Gasteiger partial charge >= 0.3 is 5.97 Å². The lowest BCUT2D eigenvalue weighted by Gasteiger charge is -2.13. The van der Waals surface area contributed by atoms with Gasteiger partial charge in [-0.05, 0) is 53.2 Å². The third kappa shape index (κ3) is 5.71. The Hall–Kier alpha value is -2.68. The summed E-state index contributed by atoms with van der Waals surface area (Å²) in [5.74, 6) is -2.51. The van der Waals surface area contributed by atoms with Crippen molar-refractivity contribution in [3.8, 4) is 0 Å². The average Bonchev–Trinajstić information content (AvgIpc) is 2.99. The van der Waals surface area contributed by atoms with Gasteiger partial charge < -0.3 is 19.8 Å². The summed E-state index contributed by atoms with van der Waals surface area (Å²) in [7, 11) is 0. The summed E-state index contributed by atoms with van der Waals surface area (Å²) < 4.78 is 23.4. The topological polar surface area (TPSA) is 97.6 Å². The number of amides is 2. The first-order chi connectivity index (χ1) is 11.8. The molecule has 0 bridgehead atoms. The molecular weight excluding hydrogens is 399 g/mol. The summed E-state index contributed by atoms with van der Waals surface area (Å²) in [6.07, 6.45) is -1.12. The highest BCUT2D eigenvalue weighted by Crippen LogP contribution is 2.13. The minimum absolute atomic E-state index is 0.0246. The second kappa shape index (κ2) is 8.43. The van der Waals surface area contributed by atoms with E-state index in [0.717, 1.165) is 6.07 Å². The number of nitrogens with one attached hydrogen (secondary N) is 2. The van der Waals surface area contributed by atoms with Gasteiger partial charge in [0.1, 0.15) is 12.4 Å². The van der Waals surface area contributed by atoms with Crippen LogP contribution in [0.25, 0.3) is 0 Å². The van der Waals surface area contributed by atoms with Crippen molar-refractivity contribution in [2.24, 2.45) is 0 Å². The smallest absolute Gasteiger partial charge is 0.326 e. The van der Waals surface area contributed by atoms with Crippen LogP contribution in [0.4, 0.5) is 10.1 Å². The van der Waals surface area contributed by atoms with E-state index in [4.69, 9.17) is 9.15 Å². The van der Waals surface area contributed by atoms with Crippen LogP contribution < -0.4 is 10.6 Å². The lowest BCUT2D eigenvalue weighted by Crippen LogP contribution is -2.35. The van der Waals surface area contributed by atoms with Gasteiger partial charge in [0.05, 0.1) is 0 Å². The third-order valence-corrected chi connectivity index (χ3v) is 3.39. The molecule has 2 amide bonds. The van der Waals surface area contributed by atoms with Gasteiger partial charge in [-0.15, -0.1) is 0 Å². The van der Waals surface area contributed by atoms with Gasteiger partial charge in [0.25, 0.3) is 11.8 Å². The number of carbonyl (C=O) groups is 3. The molecular formula is C16H14BrFN2O5. The van der Waals surface area contributed by atoms with Crippen molar-refractivity contribution < 1.29 is 27.9 Å². The van der Waals surface area contributed by atoms with Crippen molar-refractivity contribution in [3.63, 3.8) is 0 Å². The standard InChI is InChI=1S/C16H14BrFN2O5/c1-9(15(22)20-11-4-2-3-10(18)7-11)24-14(21)8-19-16(23)12-5-6-13(17)25-12/h2-7,9H,8H2,1H3,(H,19,23)(H,20,22)/t9-/m1/s1. The molecule has 1 atom stereocenters. The highest BCUT2D eigenvalue weighted by Gasteiger charge is 2.19. The number of halogens is 2. The first-order valence-corrected chi connectivity index (χ1v) is 7.94. The number of furan rings is 1. The summed E-state index contributed by atoms with van der Waals surface area (Å²) in [4.78, 5) is 35.3. The van der Waals surface area contributed by atoms with Gasteiger partial charge in [-0.2, -0.15) is 0 Å². The summed E-state index contributed by atoms with van der Waals surface area (Å²) in [6.45, 7) is 0.923. The Bertz CT molecular complexity index is 792. The molecule has 1 aromatic heterocycles. The lowest BCUT2D eigenvalue weighted by atomic mass is 10.3. The van der Waals surface area contributed by atoms with E-state index in [0.29, 0.717) is 4.67 Å². The second-order valence-electron chi connectivity index (χ2n) is 4.92. The van der Waals surface area contributed by atoms with Crippen molar-refractivity contribution in [2.75, 3.05) is 11.9 Å². The van der Waals surface area contributed by atoms with E-state index >= 15 is 0 Å². The maximum absolute atomic E-state index is 13.1. The molecule has 132 valence electrons. The maximum Gasteiger partial charge on any atom is 0.326 e. The molecule has 0 aliphatic heterocycles.